The van der Waals surface area contributed by atoms with Gasteiger partial charge in [0.15, 0.2) is 5.69 Å². The number of carbonyl (C=O) groups is 1. The molecule has 0 spiro atoms. The zero-order valence-electron chi connectivity index (χ0n) is 13.5. The number of likely N-dealkylation sites (tertiary alicyclic amines) is 1. The average Bonchev–Trinajstić information content (AvgIpc) is 3.07. The van der Waals surface area contributed by atoms with Gasteiger partial charge in [-0.1, -0.05) is 5.16 Å². The molecule has 0 aromatic carbocycles. The van der Waals surface area contributed by atoms with Crippen LogP contribution in [-0.2, 0) is 12.8 Å². The van der Waals surface area contributed by atoms with Crippen LogP contribution >= 0.6 is 0 Å². The molecular weight excluding hydrogens is 308 g/mol. The van der Waals surface area contributed by atoms with Crippen LogP contribution in [0.15, 0.2) is 23.1 Å². The predicted molar refractivity (Wildman–Crippen MR) is 84.7 cm³/mol. The maximum Gasteiger partial charge on any atom is 0.276 e. The van der Waals surface area contributed by atoms with Gasteiger partial charge in [-0.15, -0.1) is 0 Å². The summed E-state index contributed by atoms with van der Waals surface area (Å²) in [4.78, 5) is 22.6. The van der Waals surface area contributed by atoms with Crippen LogP contribution in [-0.4, -0.2) is 45.1 Å². The van der Waals surface area contributed by atoms with Crippen LogP contribution in [0.2, 0.25) is 0 Å². The zero-order valence-corrected chi connectivity index (χ0v) is 13.5. The first-order chi connectivity index (χ1) is 11.8. The Bertz CT molecular complexity index is 708. The van der Waals surface area contributed by atoms with Crippen LogP contribution < -0.4 is 4.74 Å². The summed E-state index contributed by atoms with van der Waals surface area (Å²) in [5.41, 5.74) is 1.53. The number of rotatable bonds is 3. The average molecular weight is 328 g/mol. The molecule has 7 heteroatoms. The standard InChI is InChI=1S/C17H20N4O3/c22-17(16-13-3-1-2-4-14(13)24-20-16)21-9-6-12(7-10-21)23-15-5-8-18-11-19-15/h5,8,11-12H,1-4,6-7,9-10H2. The van der Waals surface area contributed by atoms with E-state index in [-0.39, 0.29) is 12.0 Å². The first-order valence-electron chi connectivity index (χ1n) is 8.50. The van der Waals surface area contributed by atoms with Crippen molar-refractivity contribution < 1.29 is 14.1 Å². The maximum absolute atomic E-state index is 12.7. The van der Waals surface area contributed by atoms with E-state index in [1.54, 1.807) is 12.3 Å². The fourth-order valence-electron chi connectivity index (χ4n) is 3.40. The van der Waals surface area contributed by atoms with Gasteiger partial charge >= 0.3 is 0 Å². The highest BCUT2D eigenvalue weighted by molar-refractivity contribution is 5.94. The topological polar surface area (TPSA) is 81.4 Å². The number of aromatic nitrogens is 3. The summed E-state index contributed by atoms with van der Waals surface area (Å²) in [5.74, 6) is 1.47. The Morgan fingerprint density at radius 3 is 2.88 bits per heavy atom. The number of hydrogen-bond acceptors (Lipinski definition) is 6. The van der Waals surface area contributed by atoms with Crippen LogP contribution in [0.3, 0.4) is 0 Å². The van der Waals surface area contributed by atoms with Crippen molar-refractivity contribution in [3.05, 3.63) is 35.6 Å². The molecule has 0 bridgehead atoms. The van der Waals surface area contributed by atoms with E-state index >= 15 is 0 Å². The van der Waals surface area contributed by atoms with Crippen LogP contribution in [0.5, 0.6) is 5.88 Å². The highest BCUT2D eigenvalue weighted by atomic mass is 16.5. The third-order valence-electron chi connectivity index (χ3n) is 4.72. The highest BCUT2D eigenvalue weighted by Gasteiger charge is 2.30. The Labute approximate surface area is 140 Å². The summed E-state index contributed by atoms with van der Waals surface area (Å²) in [7, 11) is 0. The number of piperidine rings is 1. The molecule has 2 aromatic heterocycles. The van der Waals surface area contributed by atoms with E-state index in [9.17, 15) is 4.79 Å². The Hall–Kier alpha value is -2.44. The molecule has 0 radical (unpaired) electrons. The molecule has 4 rings (SSSR count). The molecule has 1 aliphatic heterocycles. The summed E-state index contributed by atoms with van der Waals surface area (Å²) in [6.07, 6.45) is 8.79. The Kier molecular flexibility index (Phi) is 4.15. The van der Waals surface area contributed by atoms with Gasteiger partial charge in [0, 0.05) is 50.2 Å². The van der Waals surface area contributed by atoms with E-state index in [2.05, 4.69) is 15.1 Å². The fourth-order valence-corrected chi connectivity index (χ4v) is 3.40. The lowest BCUT2D eigenvalue weighted by Gasteiger charge is -2.31. The largest absolute Gasteiger partial charge is 0.474 e. The van der Waals surface area contributed by atoms with Gasteiger partial charge in [0.1, 0.15) is 18.2 Å². The van der Waals surface area contributed by atoms with E-state index in [1.807, 2.05) is 4.90 Å². The summed E-state index contributed by atoms with van der Waals surface area (Å²) in [5, 5.41) is 4.05. The smallest absolute Gasteiger partial charge is 0.276 e. The Balaban J connectivity index is 1.37. The molecule has 2 aliphatic rings. The minimum Gasteiger partial charge on any atom is -0.474 e. The molecule has 126 valence electrons. The van der Waals surface area contributed by atoms with E-state index in [4.69, 9.17) is 9.26 Å². The van der Waals surface area contributed by atoms with Crippen molar-refractivity contribution in [2.45, 2.75) is 44.6 Å². The van der Waals surface area contributed by atoms with Crippen molar-refractivity contribution in [1.82, 2.24) is 20.0 Å². The number of carbonyl (C=O) groups excluding carboxylic acids is 1. The van der Waals surface area contributed by atoms with Gasteiger partial charge in [-0.05, 0) is 19.3 Å². The molecule has 0 atom stereocenters. The van der Waals surface area contributed by atoms with Gasteiger partial charge in [0.25, 0.3) is 5.91 Å². The lowest BCUT2D eigenvalue weighted by molar-refractivity contribution is 0.0577. The quantitative estimate of drug-likeness (QED) is 0.857. The normalized spacial score (nSPS) is 18.2. The molecule has 2 aromatic rings. The summed E-state index contributed by atoms with van der Waals surface area (Å²) in [6, 6.07) is 1.75. The van der Waals surface area contributed by atoms with E-state index in [0.717, 1.165) is 49.8 Å². The first-order valence-corrected chi connectivity index (χ1v) is 8.50. The summed E-state index contributed by atoms with van der Waals surface area (Å²) in [6.45, 7) is 1.33. The SMILES string of the molecule is O=C(c1noc2c1CCCC2)N1CCC(Oc2ccncn2)CC1. The summed E-state index contributed by atoms with van der Waals surface area (Å²) < 4.78 is 11.2. The van der Waals surface area contributed by atoms with Gasteiger partial charge in [-0.3, -0.25) is 4.79 Å². The predicted octanol–water partition coefficient (Wildman–Crippen LogP) is 2.03. The molecule has 1 saturated heterocycles. The molecule has 1 fully saturated rings. The molecule has 0 unspecified atom stereocenters. The van der Waals surface area contributed by atoms with Gasteiger partial charge in [-0.2, -0.15) is 0 Å². The number of nitrogens with zero attached hydrogens (tertiary/aromatic N) is 4. The lowest BCUT2D eigenvalue weighted by atomic mass is 9.96. The van der Waals surface area contributed by atoms with Crippen molar-refractivity contribution in [2.75, 3.05) is 13.1 Å². The van der Waals surface area contributed by atoms with Crippen LogP contribution in [0.4, 0.5) is 0 Å². The molecule has 3 heterocycles. The Morgan fingerprint density at radius 2 is 2.08 bits per heavy atom. The van der Waals surface area contributed by atoms with Crippen molar-refractivity contribution in [3.8, 4) is 5.88 Å². The van der Waals surface area contributed by atoms with Gasteiger partial charge in [0.05, 0.1) is 0 Å². The first kappa shape index (κ1) is 15.1. The van der Waals surface area contributed by atoms with E-state index in [1.165, 1.54) is 6.33 Å². The third kappa shape index (κ3) is 2.98. The van der Waals surface area contributed by atoms with Crippen molar-refractivity contribution in [2.24, 2.45) is 0 Å². The molecule has 1 aliphatic carbocycles. The monoisotopic (exact) mass is 328 g/mol. The Morgan fingerprint density at radius 1 is 1.25 bits per heavy atom. The second-order valence-electron chi connectivity index (χ2n) is 6.30. The van der Waals surface area contributed by atoms with Crippen molar-refractivity contribution >= 4 is 5.91 Å². The van der Waals surface area contributed by atoms with Gasteiger partial charge in [0.2, 0.25) is 5.88 Å². The summed E-state index contributed by atoms with van der Waals surface area (Å²) >= 11 is 0. The molecule has 0 N–H and O–H groups in total. The number of amides is 1. The second-order valence-corrected chi connectivity index (χ2v) is 6.30. The minimum atomic E-state index is -0.0117. The van der Waals surface area contributed by atoms with Crippen LogP contribution in [0, 0.1) is 0 Å². The number of aryl methyl sites for hydroxylation is 1. The van der Waals surface area contributed by atoms with Crippen LogP contribution in [0.1, 0.15) is 47.5 Å². The van der Waals surface area contributed by atoms with Crippen molar-refractivity contribution in [1.29, 1.82) is 0 Å². The highest BCUT2D eigenvalue weighted by Crippen LogP contribution is 2.26. The number of fused-ring (bicyclic) bond motifs is 1. The fraction of sp³-hybridized carbons (Fsp3) is 0.529. The minimum absolute atomic E-state index is 0.0117. The molecule has 7 nitrogen and oxygen atoms in total. The molecule has 24 heavy (non-hydrogen) atoms. The molecule has 0 saturated carbocycles. The zero-order chi connectivity index (χ0) is 16.4. The second kappa shape index (κ2) is 6.59. The number of ether oxygens (including phenoxy) is 1. The van der Waals surface area contributed by atoms with Gasteiger partial charge in [-0.25, -0.2) is 9.97 Å². The van der Waals surface area contributed by atoms with Crippen LogP contribution in [0.25, 0.3) is 0 Å². The lowest BCUT2D eigenvalue weighted by Crippen LogP contribution is -2.42. The number of hydrogen-bond donors (Lipinski definition) is 0. The van der Waals surface area contributed by atoms with E-state index in [0.29, 0.717) is 24.7 Å². The van der Waals surface area contributed by atoms with Crippen molar-refractivity contribution in [3.63, 3.8) is 0 Å². The van der Waals surface area contributed by atoms with E-state index < -0.39 is 0 Å². The third-order valence-corrected chi connectivity index (χ3v) is 4.72. The maximum atomic E-state index is 12.7. The molecular formula is C17H20N4O3. The molecule has 1 amide bonds. The van der Waals surface area contributed by atoms with Gasteiger partial charge < -0.3 is 14.2 Å².